The molecule has 0 saturated heterocycles. The summed E-state index contributed by atoms with van der Waals surface area (Å²) in [5, 5.41) is 0. The molecule has 0 spiro atoms. The summed E-state index contributed by atoms with van der Waals surface area (Å²) in [6.07, 6.45) is 0. The number of hydrogen-bond acceptors (Lipinski definition) is 5. The fourth-order valence-electron chi connectivity index (χ4n) is 1.77. The van der Waals surface area contributed by atoms with E-state index in [9.17, 15) is 4.79 Å². The van der Waals surface area contributed by atoms with E-state index in [1.165, 1.54) is 0 Å². The number of nitrogen functional groups attached to an aromatic ring is 1. The molecule has 98 valence electrons. The number of amides is 1. The van der Waals surface area contributed by atoms with Gasteiger partial charge in [0.15, 0.2) is 5.82 Å². The van der Waals surface area contributed by atoms with Gasteiger partial charge in [0.25, 0.3) is 5.91 Å². The summed E-state index contributed by atoms with van der Waals surface area (Å²) < 4.78 is 5.08. The Bertz CT molecular complexity index is 600. The molecule has 0 aliphatic heterocycles. The van der Waals surface area contributed by atoms with E-state index < -0.39 is 5.91 Å². The van der Waals surface area contributed by atoms with Crippen LogP contribution in [0.2, 0.25) is 0 Å². The van der Waals surface area contributed by atoms with E-state index in [-0.39, 0.29) is 11.4 Å². The zero-order valence-electron chi connectivity index (χ0n) is 10.7. The molecule has 0 atom stereocenters. The van der Waals surface area contributed by atoms with Crippen LogP contribution in [0.4, 0.5) is 5.82 Å². The third-order valence-corrected chi connectivity index (χ3v) is 2.71. The lowest BCUT2D eigenvalue weighted by atomic mass is 10.1. The minimum Gasteiger partial charge on any atom is -0.497 e. The number of aryl methyl sites for hydroxylation is 1. The van der Waals surface area contributed by atoms with Crippen LogP contribution in [0.5, 0.6) is 5.75 Å². The Hall–Kier alpha value is -2.63. The van der Waals surface area contributed by atoms with Gasteiger partial charge < -0.3 is 16.2 Å². The number of carbonyl (C=O) groups excluding carboxylic acids is 1. The van der Waals surface area contributed by atoms with Crippen molar-refractivity contribution >= 4 is 11.7 Å². The molecule has 0 aliphatic rings. The van der Waals surface area contributed by atoms with Crippen LogP contribution in [0, 0.1) is 6.92 Å². The van der Waals surface area contributed by atoms with Gasteiger partial charge in [0.05, 0.1) is 12.8 Å². The zero-order valence-corrected chi connectivity index (χ0v) is 10.7. The number of anilines is 1. The Morgan fingerprint density at radius 3 is 2.32 bits per heavy atom. The second kappa shape index (κ2) is 4.93. The number of aromatic nitrogens is 2. The van der Waals surface area contributed by atoms with Crippen molar-refractivity contribution in [1.82, 2.24) is 9.97 Å². The second-order valence-electron chi connectivity index (χ2n) is 3.99. The Kier molecular flexibility index (Phi) is 3.33. The number of carbonyl (C=O) groups is 1. The molecule has 1 heterocycles. The van der Waals surface area contributed by atoms with Crippen molar-refractivity contribution in [2.75, 3.05) is 12.8 Å². The van der Waals surface area contributed by atoms with E-state index in [1.54, 1.807) is 26.2 Å². The maximum Gasteiger partial charge on any atom is 0.254 e. The number of ether oxygens (including phenoxy) is 1. The highest BCUT2D eigenvalue weighted by Gasteiger charge is 2.14. The quantitative estimate of drug-likeness (QED) is 0.859. The van der Waals surface area contributed by atoms with E-state index in [4.69, 9.17) is 16.2 Å². The van der Waals surface area contributed by atoms with E-state index in [2.05, 4.69) is 9.97 Å². The number of primary amides is 1. The molecule has 6 nitrogen and oxygen atoms in total. The van der Waals surface area contributed by atoms with Crippen LogP contribution in [0.15, 0.2) is 24.3 Å². The van der Waals surface area contributed by atoms with Crippen LogP contribution in [-0.2, 0) is 0 Å². The first-order valence-corrected chi connectivity index (χ1v) is 5.61. The summed E-state index contributed by atoms with van der Waals surface area (Å²) in [5.41, 5.74) is 12.4. The third-order valence-electron chi connectivity index (χ3n) is 2.71. The molecule has 1 aromatic carbocycles. The number of nitrogens with zero attached hydrogens (tertiary/aromatic N) is 2. The van der Waals surface area contributed by atoms with Crippen molar-refractivity contribution in [3.63, 3.8) is 0 Å². The maximum atomic E-state index is 11.2. The predicted octanol–water partition coefficient (Wildman–Crippen LogP) is 1.14. The van der Waals surface area contributed by atoms with E-state index >= 15 is 0 Å². The van der Waals surface area contributed by atoms with Gasteiger partial charge in [-0.1, -0.05) is 0 Å². The maximum absolute atomic E-state index is 11.2. The molecule has 19 heavy (non-hydrogen) atoms. The first-order valence-electron chi connectivity index (χ1n) is 5.61. The fourth-order valence-corrected chi connectivity index (χ4v) is 1.77. The van der Waals surface area contributed by atoms with Gasteiger partial charge in [-0.05, 0) is 31.2 Å². The molecule has 0 radical (unpaired) electrons. The van der Waals surface area contributed by atoms with E-state index in [0.717, 1.165) is 11.3 Å². The van der Waals surface area contributed by atoms with E-state index in [1.807, 2.05) is 12.1 Å². The zero-order chi connectivity index (χ0) is 14.0. The van der Waals surface area contributed by atoms with Crippen LogP contribution in [0.3, 0.4) is 0 Å². The summed E-state index contributed by atoms with van der Waals surface area (Å²) in [4.78, 5) is 19.6. The minimum absolute atomic E-state index is 0.0887. The average Bonchev–Trinajstić information content (AvgIpc) is 2.37. The molecule has 6 heteroatoms. The van der Waals surface area contributed by atoms with Gasteiger partial charge in [-0.3, -0.25) is 4.79 Å². The summed E-state index contributed by atoms with van der Waals surface area (Å²) in [7, 11) is 1.59. The smallest absolute Gasteiger partial charge is 0.254 e. The van der Waals surface area contributed by atoms with Crippen molar-refractivity contribution < 1.29 is 9.53 Å². The Labute approximate surface area is 110 Å². The fraction of sp³-hybridized carbons (Fsp3) is 0.154. The van der Waals surface area contributed by atoms with Gasteiger partial charge in [-0.15, -0.1) is 0 Å². The minimum atomic E-state index is -0.628. The number of rotatable bonds is 3. The van der Waals surface area contributed by atoms with Crippen LogP contribution >= 0.6 is 0 Å². The lowest BCUT2D eigenvalue weighted by Crippen LogP contribution is -2.17. The van der Waals surface area contributed by atoms with Crippen molar-refractivity contribution in [2.24, 2.45) is 5.73 Å². The SMILES string of the molecule is COc1ccc(-c2nc(C)c(C(N)=O)c(N)n2)cc1. The molecule has 2 aromatic rings. The molecule has 1 amide bonds. The van der Waals surface area contributed by atoms with Gasteiger partial charge in [-0.25, -0.2) is 9.97 Å². The second-order valence-corrected chi connectivity index (χ2v) is 3.99. The van der Waals surface area contributed by atoms with Crippen LogP contribution in [-0.4, -0.2) is 23.0 Å². The average molecular weight is 258 g/mol. The van der Waals surface area contributed by atoms with Gasteiger partial charge in [-0.2, -0.15) is 0 Å². The van der Waals surface area contributed by atoms with E-state index in [0.29, 0.717) is 11.5 Å². The topological polar surface area (TPSA) is 104 Å². The Morgan fingerprint density at radius 1 is 1.21 bits per heavy atom. The molecule has 1 aromatic heterocycles. The van der Waals surface area contributed by atoms with Gasteiger partial charge in [0.2, 0.25) is 0 Å². The molecular weight excluding hydrogens is 244 g/mol. The molecule has 2 rings (SSSR count). The normalized spacial score (nSPS) is 10.2. The molecule has 4 N–H and O–H groups in total. The highest BCUT2D eigenvalue weighted by Crippen LogP contribution is 2.22. The van der Waals surface area contributed by atoms with Crippen molar-refractivity contribution in [3.8, 4) is 17.1 Å². The molecule has 0 fully saturated rings. The number of hydrogen-bond donors (Lipinski definition) is 2. The predicted molar refractivity (Wildman–Crippen MR) is 71.7 cm³/mol. The molecule has 0 unspecified atom stereocenters. The number of benzene rings is 1. The monoisotopic (exact) mass is 258 g/mol. The van der Waals surface area contributed by atoms with Crippen molar-refractivity contribution in [3.05, 3.63) is 35.5 Å². The molecule has 0 aliphatic carbocycles. The standard InChI is InChI=1S/C13H14N4O2/c1-7-10(12(15)18)11(14)17-13(16-7)8-3-5-9(19-2)6-4-8/h3-6H,1-2H3,(H2,15,18)(H2,14,16,17). The lowest BCUT2D eigenvalue weighted by Gasteiger charge is -2.08. The van der Waals surface area contributed by atoms with Gasteiger partial charge in [0.1, 0.15) is 17.1 Å². The number of methoxy groups -OCH3 is 1. The molecule has 0 bridgehead atoms. The van der Waals surface area contributed by atoms with Crippen molar-refractivity contribution in [1.29, 1.82) is 0 Å². The van der Waals surface area contributed by atoms with Crippen LogP contribution in [0.25, 0.3) is 11.4 Å². The van der Waals surface area contributed by atoms with Crippen LogP contribution in [0.1, 0.15) is 16.1 Å². The largest absolute Gasteiger partial charge is 0.497 e. The highest BCUT2D eigenvalue weighted by atomic mass is 16.5. The van der Waals surface area contributed by atoms with Crippen LogP contribution < -0.4 is 16.2 Å². The Balaban J connectivity index is 2.48. The molecule has 0 saturated carbocycles. The summed E-state index contributed by atoms with van der Waals surface area (Å²) in [6.45, 7) is 1.67. The van der Waals surface area contributed by atoms with Crippen molar-refractivity contribution in [2.45, 2.75) is 6.92 Å². The lowest BCUT2D eigenvalue weighted by molar-refractivity contribution is 0.1000. The highest BCUT2D eigenvalue weighted by molar-refractivity contribution is 5.98. The Morgan fingerprint density at radius 2 is 1.84 bits per heavy atom. The molecular formula is C13H14N4O2. The number of nitrogens with two attached hydrogens (primary N) is 2. The summed E-state index contributed by atoms with van der Waals surface area (Å²) >= 11 is 0. The van der Waals surface area contributed by atoms with Gasteiger partial charge in [0, 0.05) is 5.56 Å². The summed E-state index contributed by atoms with van der Waals surface area (Å²) in [6, 6.07) is 7.23. The van der Waals surface area contributed by atoms with Gasteiger partial charge >= 0.3 is 0 Å². The first-order chi connectivity index (χ1) is 9.02. The first kappa shape index (κ1) is 12.8. The summed E-state index contributed by atoms with van der Waals surface area (Å²) in [5.74, 6) is 0.645. The third kappa shape index (κ3) is 2.47.